The highest BCUT2D eigenvalue weighted by molar-refractivity contribution is 7.20. The topological polar surface area (TPSA) is 75.4 Å². The second-order valence-corrected chi connectivity index (χ2v) is 5.18. The first kappa shape index (κ1) is 12.9. The number of carbonyl (C=O) groups is 1. The summed E-state index contributed by atoms with van der Waals surface area (Å²) in [5.74, 6) is -0.0623. The molecule has 0 bridgehead atoms. The first-order valence-corrected chi connectivity index (χ1v) is 6.70. The molecule has 0 aliphatic heterocycles. The summed E-state index contributed by atoms with van der Waals surface area (Å²) in [6.07, 6.45) is 1.50. The van der Waals surface area contributed by atoms with Crippen molar-refractivity contribution in [3.63, 3.8) is 0 Å². The molecule has 1 amide bonds. The molecule has 0 unspecified atom stereocenters. The molecule has 0 atom stereocenters. The summed E-state index contributed by atoms with van der Waals surface area (Å²) in [7, 11) is 0. The number of aliphatic hydroxyl groups excluding tert-OH is 1. The normalized spacial score (nSPS) is 10.7. The third kappa shape index (κ3) is 3.00. The molecular formula is C13H16N2O2S. The zero-order valence-corrected chi connectivity index (χ0v) is 10.8. The number of aliphatic hydroxyl groups is 1. The van der Waals surface area contributed by atoms with E-state index < -0.39 is 0 Å². The van der Waals surface area contributed by atoms with Crippen LogP contribution in [0.4, 0.5) is 5.69 Å². The fourth-order valence-corrected chi connectivity index (χ4v) is 2.66. The molecule has 0 fully saturated rings. The summed E-state index contributed by atoms with van der Waals surface area (Å²) in [6.45, 7) is 0.758. The van der Waals surface area contributed by atoms with Crippen LogP contribution in [0.3, 0.4) is 0 Å². The lowest BCUT2D eigenvalue weighted by Crippen LogP contribution is -2.23. The van der Waals surface area contributed by atoms with Crippen molar-refractivity contribution >= 4 is 33.0 Å². The Morgan fingerprint density at radius 1 is 1.33 bits per heavy atom. The molecule has 4 nitrogen and oxygen atoms in total. The summed E-state index contributed by atoms with van der Waals surface area (Å²) in [6, 6.07) is 7.49. The quantitative estimate of drug-likeness (QED) is 0.571. The van der Waals surface area contributed by atoms with E-state index in [1.54, 1.807) is 0 Å². The molecule has 2 rings (SSSR count). The van der Waals surface area contributed by atoms with Crippen LogP contribution in [0.2, 0.25) is 0 Å². The molecule has 4 N–H and O–H groups in total. The van der Waals surface area contributed by atoms with Crippen molar-refractivity contribution in [2.75, 3.05) is 18.9 Å². The molecule has 1 aromatic heterocycles. The molecule has 0 aliphatic carbocycles. The molecule has 0 aliphatic rings. The Morgan fingerprint density at radius 2 is 2.17 bits per heavy atom. The molecule has 0 saturated heterocycles. The Morgan fingerprint density at radius 3 is 2.94 bits per heavy atom. The molecular weight excluding hydrogens is 248 g/mol. The van der Waals surface area contributed by atoms with Gasteiger partial charge in [-0.05, 0) is 42.5 Å². The highest BCUT2D eigenvalue weighted by Gasteiger charge is 2.09. The number of fused-ring (bicyclic) bond motifs is 1. The minimum Gasteiger partial charge on any atom is -0.399 e. The van der Waals surface area contributed by atoms with Gasteiger partial charge in [-0.2, -0.15) is 0 Å². The van der Waals surface area contributed by atoms with Crippen molar-refractivity contribution in [3.8, 4) is 0 Å². The van der Waals surface area contributed by atoms with E-state index in [0.29, 0.717) is 23.5 Å². The lowest BCUT2D eigenvalue weighted by atomic mass is 10.2. The van der Waals surface area contributed by atoms with Crippen molar-refractivity contribution in [1.29, 1.82) is 0 Å². The van der Waals surface area contributed by atoms with Crippen molar-refractivity contribution in [1.82, 2.24) is 5.32 Å². The number of rotatable bonds is 5. The van der Waals surface area contributed by atoms with Crippen molar-refractivity contribution in [2.45, 2.75) is 12.8 Å². The highest BCUT2D eigenvalue weighted by Crippen LogP contribution is 2.27. The predicted molar refractivity (Wildman–Crippen MR) is 74.9 cm³/mol. The number of hydrogen-bond acceptors (Lipinski definition) is 4. The number of nitrogens with two attached hydrogens (primary N) is 1. The molecule has 1 heterocycles. The van der Waals surface area contributed by atoms with Gasteiger partial charge in [0.15, 0.2) is 0 Å². The maximum Gasteiger partial charge on any atom is 0.261 e. The lowest BCUT2D eigenvalue weighted by Gasteiger charge is -2.01. The Hall–Kier alpha value is -1.59. The Kier molecular flexibility index (Phi) is 4.17. The van der Waals surface area contributed by atoms with E-state index in [-0.39, 0.29) is 12.5 Å². The zero-order valence-electron chi connectivity index (χ0n) is 9.98. The van der Waals surface area contributed by atoms with Crippen LogP contribution in [0.1, 0.15) is 22.5 Å². The number of anilines is 1. The van der Waals surface area contributed by atoms with Crippen LogP contribution in [-0.4, -0.2) is 24.2 Å². The van der Waals surface area contributed by atoms with Gasteiger partial charge in [0.25, 0.3) is 5.91 Å². The Bertz CT molecular complexity index is 551. The zero-order chi connectivity index (χ0) is 13.0. The first-order valence-electron chi connectivity index (χ1n) is 5.89. The van der Waals surface area contributed by atoms with E-state index in [4.69, 9.17) is 10.8 Å². The minimum atomic E-state index is -0.0623. The van der Waals surface area contributed by atoms with Gasteiger partial charge in [0, 0.05) is 23.5 Å². The molecule has 5 heteroatoms. The van der Waals surface area contributed by atoms with E-state index >= 15 is 0 Å². The summed E-state index contributed by atoms with van der Waals surface area (Å²) >= 11 is 1.46. The van der Waals surface area contributed by atoms with Crippen molar-refractivity contribution in [3.05, 3.63) is 29.1 Å². The van der Waals surface area contributed by atoms with Gasteiger partial charge in [-0.3, -0.25) is 4.79 Å². The van der Waals surface area contributed by atoms with E-state index in [9.17, 15) is 4.79 Å². The van der Waals surface area contributed by atoms with E-state index in [1.807, 2.05) is 24.3 Å². The van der Waals surface area contributed by atoms with Gasteiger partial charge in [0.2, 0.25) is 0 Å². The van der Waals surface area contributed by atoms with Gasteiger partial charge in [0.05, 0.1) is 4.88 Å². The van der Waals surface area contributed by atoms with E-state index in [0.717, 1.165) is 16.5 Å². The molecule has 0 spiro atoms. The molecule has 2 aromatic rings. The molecule has 0 radical (unpaired) electrons. The number of nitrogen functional groups attached to an aromatic ring is 1. The van der Waals surface area contributed by atoms with Crippen LogP contribution in [0, 0.1) is 0 Å². The van der Waals surface area contributed by atoms with Gasteiger partial charge in [-0.1, -0.05) is 0 Å². The number of benzene rings is 1. The monoisotopic (exact) mass is 264 g/mol. The molecule has 1 aromatic carbocycles. The first-order chi connectivity index (χ1) is 8.70. The third-order valence-corrected chi connectivity index (χ3v) is 3.75. The van der Waals surface area contributed by atoms with Crippen LogP contribution in [0.5, 0.6) is 0 Å². The predicted octanol–water partition coefficient (Wildman–Crippen LogP) is 1.99. The Balaban J connectivity index is 2.04. The Labute approximate surface area is 109 Å². The number of nitrogens with one attached hydrogen (secondary N) is 1. The summed E-state index contributed by atoms with van der Waals surface area (Å²) < 4.78 is 1.06. The van der Waals surface area contributed by atoms with Crippen molar-refractivity contribution in [2.24, 2.45) is 0 Å². The van der Waals surface area contributed by atoms with Gasteiger partial charge in [-0.25, -0.2) is 0 Å². The van der Waals surface area contributed by atoms with Gasteiger partial charge in [0.1, 0.15) is 0 Å². The second kappa shape index (κ2) is 5.84. The summed E-state index contributed by atoms with van der Waals surface area (Å²) in [4.78, 5) is 12.6. The standard InChI is InChI=1S/C13H16N2O2S/c14-10-3-4-11-9(7-10)8-12(18-11)13(17)15-5-1-2-6-16/h3-4,7-8,16H,1-2,5-6,14H2,(H,15,17). The summed E-state index contributed by atoms with van der Waals surface area (Å²) in [5.41, 5.74) is 6.41. The van der Waals surface area contributed by atoms with Crippen LogP contribution in [-0.2, 0) is 0 Å². The SMILES string of the molecule is Nc1ccc2sc(C(=O)NCCCCO)cc2c1. The minimum absolute atomic E-state index is 0.0623. The van der Waals surface area contributed by atoms with E-state index in [1.165, 1.54) is 11.3 Å². The average molecular weight is 264 g/mol. The maximum atomic E-state index is 11.9. The van der Waals surface area contributed by atoms with Crippen molar-refractivity contribution < 1.29 is 9.90 Å². The van der Waals surface area contributed by atoms with Gasteiger partial charge >= 0.3 is 0 Å². The average Bonchev–Trinajstić information content (AvgIpc) is 2.77. The lowest BCUT2D eigenvalue weighted by molar-refractivity contribution is 0.0956. The van der Waals surface area contributed by atoms with Crippen LogP contribution < -0.4 is 11.1 Å². The second-order valence-electron chi connectivity index (χ2n) is 4.09. The van der Waals surface area contributed by atoms with Crippen LogP contribution in [0.25, 0.3) is 10.1 Å². The maximum absolute atomic E-state index is 11.9. The summed E-state index contributed by atoms with van der Waals surface area (Å²) in [5, 5.41) is 12.5. The van der Waals surface area contributed by atoms with Gasteiger partial charge in [-0.15, -0.1) is 11.3 Å². The van der Waals surface area contributed by atoms with Gasteiger partial charge < -0.3 is 16.2 Å². The number of hydrogen-bond donors (Lipinski definition) is 3. The van der Waals surface area contributed by atoms with Crippen LogP contribution >= 0.6 is 11.3 Å². The third-order valence-electron chi connectivity index (χ3n) is 2.63. The number of amides is 1. The molecule has 0 saturated carbocycles. The fourth-order valence-electron chi connectivity index (χ4n) is 1.70. The fraction of sp³-hybridized carbons (Fsp3) is 0.308. The van der Waals surface area contributed by atoms with E-state index in [2.05, 4.69) is 5.32 Å². The van der Waals surface area contributed by atoms with Crippen LogP contribution in [0.15, 0.2) is 24.3 Å². The number of thiophene rings is 1. The molecule has 18 heavy (non-hydrogen) atoms. The largest absolute Gasteiger partial charge is 0.399 e. The molecule has 96 valence electrons. The highest BCUT2D eigenvalue weighted by atomic mass is 32.1. The number of unbranched alkanes of at least 4 members (excludes halogenated alkanes) is 1. The smallest absolute Gasteiger partial charge is 0.261 e. The number of carbonyl (C=O) groups excluding carboxylic acids is 1.